The Morgan fingerprint density at radius 2 is 2.08 bits per heavy atom. The van der Waals surface area contributed by atoms with Crippen molar-refractivity contribution in [2.75, 3.05) is 44.7 Å². The van der Waals surface area contributed by atoms with Gasteiger partial charge in [-0.25, -0.2) is 0 Å². The van der Waals surface area contributed by atoms with Crippen LogP contribution in [0.25, 0.3) is 0 Å². The van der Waals surface area contributed by atoms with Crippen LogP contribution in [0.3, 0.4) is 0 Å². The molecule has 2 aliphatic heterocycles. The van der Waals surface area contributed by atoms with Gasteiger partial charge in [-0.3, -0.25) is 9.69 Å². The highest BCUT2D eigenvalue weighted by Crippen LogP contribution is 2.20. The molecular formula is C18H29Cl2N3O2. The summed E-state index contributed by atoms with van der Waals surface area (Å²) in [6.45, 7) is 8.35. The molecule has 5 nitrogen and oxygen atoms in total. The van der Waals surface area contributed by atoms with E-state index in [-0.39, 0.29) is 36.6 Å². The molecule has 1 amide bonds. The normalized spacial score (nSPS) is 20.9. The van der Waals surface area contributed by atoms with Crippen LogP contribution in [0, 0.1) is 12.8 Å². The Kier molecular flexibility index (Phi) is 9.75. The zero-order valence-corrected chi connectivity index (χ0v) is 16.4. The van der Waals surface area contributed by atoms with Crippen molar-refractivity contribution in [1.29, 1.82) is 0 Å². The number of anilines is 1. The van der Waals surface area contributed by atoms with Crippen LogP contribution in [0.1, 0.15) is 24.0 Å². The molecule has 0 aromatic heterocycles. The van der Waals surface area contributed by atoms with Gasteiger partial charge in [0.05, 0.1) is 19.1 Å². The third kappa shape index (κ3) is 6.42. The summed E-state index contributed by atoms with van der Waals surface area (Å²) >= 11 is 0. The van der Waals surface area contributed by atoms with Crippen LogP contribution in [0.4, 0.5) is 5.69 Å². The average Bonchev–Trinajstić information content (AvgIpc) is 2.59. The van der Waals surface area contributed by atoms with Gasteiger partial charge in [0.15, 0.2) is 0 Å². The summed E-state index contributed by atoms with van der Waals surface area (Å²) < 4.78 is 5.40. The molecule has 1 unspecified atom stereocenters. The van der Waals surface area contributed by atoms with E-state index in [1.54, 1.807) is 0 Å². The highest BCUT2D eigenvalue weighted by atomic mass is 35.5. The molecule has 0 radical (unpaired) electrons. The van der Waals surface area contributed by atoms with Crippen LogP contribution >= 0.6 is 24.8 Å². The van der Waals surface area contributed by atoms with Gasteiger partial charge in [-0.2, -0.15) is 0 Å². The SMILES string of the molecule is Cc1ccc(CN2CCOCC2)cc1NC(=O)C1CCCNC1.Cl.Cl. The van der Waals surface area contributed by atoms with Crippen LogP contribution in [0.2, 0.25) is 0 Å². The highest BCUT2D eigenvalue weighted by Gasteiger charge is 2.21. The van der Waals surface area contributed by atoms with E-state index in [0.717, 1.165) is 70.0 Å². The number of hydrogen-bond acceptors (Lipinski definition) is 4. The topological polar surface area (TPSA) is 53.6 Å². The highest BCUT2D eigenvalue weighted by molar-refractivity contribution is 5.93. The Bertz CT molecular complexity index is 545. The van der Waals surface area contributed by atoms with Gasteiger partial charge in [-0.05, 0) is 43.5 Å². The quantitative estimate of drug-likeness (QED) is 0.830. The summed E-state index contributed by atoms with van der Waals surface area (Å²) in [6.07, 6.45) is 2.06. The molecule has 1 atom stereocenters. The van der Waals surface area contributed by atoms with Gasteiger partial charge in [-0.1, -0.05) is 12.1 Å². The minimum atomic E-state index is 0. The summed E-state index contributed by atoms with van der Waals surface area (Å²) in [4.78, 5) is 14.8. The third-order valence-corrected chi connectivity index (χ3v) is 4.74. The Morgan fingerprint density at radius 3 is 2.76 bits per heavy atom. The van der Waals surface area contributed by atoms with Crippen molar-refractivity contribution in [3.05, 3.63) is 29.3 Å². The van der Waals surface area contributed by atoms with E-state index in [2.05, 4.69) is 33.7 Å². The molecule has 0 spiro atoms. The second-order valence-corrected chi connectivity index (χ2v) is 6.57. The number of hydrogen-bond donors (Lipinski definition) is 2. The maximum absolute atomic E-state index is 12.4. The lowest BCUT2D eigenvalue weighted by Gasteiger charge is -2.27. The lowest BCUT2D eigenvalue weighted by atomic mass is 9.98. The van der Waals surface area contributed by atoms with E-state index < -0.39 is 0 Å². The van der Waals surface area contributed by atoms with Crippen molar-refractivity contribution in [2.24, 2.45) is 5.92 Å². The van der Waals surface area contributed by atoms with E-state index in [0.29, 0.717) is 0 Å². The first-order valence-corrected chi connectivity index (χ1v) is 8.63. The summed E-state index contributed by atoms with van der Waals surface area (Å²) in [7, 11) is 0. The van der Waals surface area contributed by atoms with E-state index in [9.17, 15) is 4.79 Å². The Balaban J connectivity index is 0.00000156. The molecule has 7 heteroatoms. The molecule has 0 saturated carbocycles. The molecule has 0 bridgehead atoms. The fourth-order valence-corrected chi connectivity index (χ4v) is 3.23. The van der Waals surface area contributed by atoms with E-state index in [4.69, 9.17) is 4.74 Å². The number of carbonyl (C=O) groups is 1. The number of nitrogens with one attached hydrogen (secondary N) is 2. The third-order valence-electron chi connectivity index (χ3n) is 4.74. The van der Waals surface area contributed by atoms with Crippen LogP contribution in [0.5, 0.6) is 0 Å². The molecule has 25 heavy (non-hydrogen) atoms. The average molecular weight is 390 g/mol. The second-order valence-electron chi connectivity index (χ2n) is 6.57. The Morgan fingerprint density at radius 1 is 1.32 bits per heavy atom. The minimum Gasteiger partial charge on any atom is -0.379 e. The van der Waals surface area contributed by atoms with Gasteiger partial charge in [-0.15, -0.1) is 24.8 Å². The number of piperidine rings is 1. The molecule has 2 saturated heterocycles. The monoisotopic (exact) mass is 389 g/mol. The molecule has 2 fully saturated rings. The molecule has 142 valence electrons. The number of aryl methyl sites for hydroxylation is 1. The number of carbonyl (C=O) groups excluding carboxylic acids is 1. The zero-order chi connectivity index (χ0) is 16.1. The van der Waals surface area contributed by atoms with Gasteiger partial charge < -0.3 is 15.4 Å². The summed E-state index contributed by atoms with van der Waals surface area (Å²) in [6, 6.07) is 6.38. The van der Waals surface area contributed by atoms with Gasteiger partial charge in [0.25, 0.3) is 0 Å². The number of rotatable bonds is 4. The van der Waals surface area contributed by atoms with E-state index in [1.807, 2.05) is 6.92 Å². The van der Waals surface area contributed by atoms with Gasteiger partial charge >= 0.3 is 0 Å². The first kappa shape index (κ1) is 22.2. The largest absolute Gasteiger partial charge is 0.379 e. The zero-order valence-electron chi connectivity index (χ0n) is 14.8. The first-order chi connectivity index (χ1) is 11.2. The fourth-order valence-electron chi connectivity index (χ4n) is 3.23. The predicted octanol–water partition coefficient (Wildman–Crippen LogP) is 2.61. The molecule has 2 aliphatic rings. The Labute approximate surface area is 162 Å². The molecule has 3 rings (SSSR count). The fraction of sp³-hybridized carbons (Fsp3) is 0.611. The van der Waals surface area contributed by atoms with Crippen LogP contribution < -0.4 is 10.6 Å². The molecule has 2 heterocycles. The van der Waals surface area contributed by atoms with Crippen LogP contribution in [0.15, 0.2) is 18.2 Å². The van der Waals surface area contributed by atoms with Crippen LogP contribution in [-0.2, 0) is 16.1 Å². The maximum Gasteiger partial charge on any atom is 0.228 e. The van der Waals surface area contributed by atoms with Gasteiger partial charge in [0.1, 0.15) is 0 Å². The number of halogens is 2. The minimum absolute atomic E-state index is 0. The van der Waals surface area contributed by atoms with E-state index in [1.165, 1.54) is 5.56 Å². The van der Waals surface area contributed by atoms with Crippen molar-refractivity contribution in [2.45, 2.75) is 26.3 Å². The molecule has 2 N–H and O–H groups in total. The molecular weight excluding hydrogens is 361 g/mol. The summed E-state index contributed by atoms with van der Waals surface area (Å²) in [5.74, 6) is 0.231. The van der Waals surface area contributed by atoms with Crippen molar-refractivity contribution in [3.63, 3.8) is 0 Å². The molecule has 0 aliphatic carbocycles. The maximum atomic E-state index is 12.4. The van der Waals surface area contributed by atoms with E-state index >= 15 is 0 Å². The Hall–Kier alpha value is -0.850. The second kappa shape index (κ2) is 11.0. The smallest absolute Gasteiger partial charge is 0.228 e. The lowest BCUT2D eigenvalue weighted by Crippen LogP contribution is -2.37. The van der Waals surface area contributed by atoms with Gasteiger partial charge in [0.2, 0.25) is 5.91 Å². The molecule has 1 aromatic carbocycles. The number of ether oxygens (including phenoxy) is 1. The van der Waals surface area contributed by atoms with Crippen molar-refractivity contribution < 1.29 is 9.53 Å². The standard InChI is InChI=1S/C18H27N3O2.2ClH/c1-14-4-5-15(13-21-7-9-23-10-8-21)11-17(14)20-18(22)16-3-2-6-19-12-16;;/h4-5,11,16,19H,2-3,6-10,12-13H2,1H3,(H,20,22);2*1H. The predicted molar refractivity (Wildman–Crippen MR) is 106 cm³/mol. The van der Waals surface area contributed by atoms with Crippen molar-refractivity contribution in [1.82, 2.24) is 10.2 Å². The van der Waals surface area contributed by atoms with Gasteiger partial charge in [0, 0.05) is 31.9 Å². The lowest BCUT2D eigenvalue weighted by molar-refractivity contribution is -0.120. The summed E-state index contributed by atoms with van der Waals surface area (Å²) in [5.41, 5.74) is 3.31. The number of amides is 1. The van der Waals surface area contributed by atoms with Crippen molar-refractivity contribution >= 4 is 36.4 Å². The summed E-state index contributed by atoms with van der Waals surface area (Å²) in [5, 5.41) is 6.44. The van der Waals surface area contributed by atoms with Crippen LogP contribution in [-0.4, -0.2) is 50.2 Å². The van der Waals surface area contributed by atoms with Crippen molar-refractivity contribution in [3.8, 4) is 0 Å². The number of morpholine rings is 1. The first-order valence-electron chi connectivity index (χ1n) is 8.63. The number of nitrogens with zero attached hydrogens (tertiary/aromatic N) is 1. The number of benzene rings is 1. The molecule has 1 aromatic rings.